The van der Waals surface area contributed by atoms with Crippen LogP contribution in [-0.2, 0) is 13.0 Å². The number of rotatable bonds is 2. The Labute approximate surface area is 139 Å². The van der Waals surface area contributed by atoms with E-state index in [9.17, 15) is 0 Å². The van der Waals surface area contributed by atoms with Crippen molar-refractivity contribution in [2.45, 2.75) is 46.7 Å². The Balaban J connectivity index is 1.78. The van der Waals surface area contributed by atoms with E-state index in [1.165, 1.54) is 39.1 Å². The molecule has 0 fully saturated rings. The molecule has 0 saturated carbocycles. The lowest BCUT2D eigenvalue weighted by Crippen LogP contribution is -2.23. The van der Waals surface area contributed by atoms with Crippen LogP contribution in [-0.4, -0.2) is 0 Å². The summed E-state index contributed by atoms with van der Waals surface area (Å²) < 4.78 is 0. The molecule has 118 valence electrons. The molecule has 2 aromatic rings. The van der Waals surface area contributed by atoms with Crippen LogP contribution in [0, 0.1) is 19.8 Å². The maximum absolute atomic E-state index is 2.58. The molecule has 0 bridgehead atoms. The van der Waals surface area contributed by atoms with Crippen molar-refractivity contribution in [2.75, 3.05) is 4.90 Å². The highest BCUT2D eigenvalue weighted by atomic mass is 15.2. The minimum atomic E-state index is 0.408. The molecule has 2 aliphatic heterocycles. The smallest absolute Gasteiger partial charge is 0.0737 e. The van der Waals surface area contributed by atoms with Gasteiger partial charge in [-0.25, -0.2) is 0 Å². The molecule has 0 aliphatic carbocycles. The van der Waals surface area contributed by atoms with Gasteiger partial charge in [-0.2, -0.15) is 0 Å². The lowest BCUT2D eigenvalue weighted by molar-refractivity contribution is 0.646. The minimum absolute atomic E-state index is 0.408. The Morgan fingerprint density at radius 1 is 1.13 bits per heavy atom. The van der Waals surface area contributed by atoms with Crippen LogP contribution >= 0.6 is 0 Å². The number of hydrogen-bond donors (Lipinski definition) is 0. The van der Waals surface area contributed by atoms with Gasteiger partial charge in [0.25, 0.3) is 0 Å². The average molecular weight is 303 g/mol. The summed E-state index contributed by atoms with van der Waals surface area (Å²) in [5.74, 6) is 0.698. The second-order valence-electron chi connectivity index (χ2n) is 7.57. The van der Waals surface area contributed by atoms with Crippen LogP contribution in [0.1, 0.15) is 53.3 Å². The van der Waals surface area contributed by atoms with Crippen molar-refractivity contribution in [1.29, 1.82) is 0 Å². The fourth-order valence-electron chi connectivity index (χ4n) is 4.16. The van der Waals surface area contributed by atoms with Crippen LogP contribution in [0.5, 0.6) is 0 Å². The molecule has 1 atom stereocenters. The third kappa shape index (κ3) is 2.39. The third-order valence-corrected chi connectivity index (χ3v) is 5.14. The average Bonchev–Trinajstić information content (AvgIpc) is 2.86. The second-order valence-corrected chi connectivity index (χ2v) is 7.57. The Morgan fingerprint density at radius 2 is 1.96 bits per heavy atom. The topological polar surface area (TPSA) is 3.24 Å². The van der Waals surface area contributed by atoms with Gasteiger partial charge in [-0.3, -0.25) is 0 Å². The highest BCUT2D eigenvalue weighted by molar-refractivity contribution is 5.76. The highest BCUT2D eigenvalue weighted by Crippen LogP contribution is 2.45. The molecular formula is C22H25N. The van der Waals surface area contributed by atoms with Gasteiger partial charge in [0.2, 0.25) is 0 Å². The zero-order valence-electron chi connectivity index (χ0n) is 14.6. The predicted molar refractivity (Wildman–Crippen MR) is 98.9 cm³/mol. The van der Waals surface area contributed by atoms with Gasteiger partial charge in [-0.1, -0.05) is 55.8 Å². The predicted octanol–water partition coefficient (Wildman–Crippen LogP) is 5.59. The molecule has 0 saturated heterocycles. The number of hydrogen-bond acceptors (Lipinski definition) is 1. The van der Waals surface area contributed by atoms with Gasteiger partial charge in [0.15, 0.2) is 0 Å². The standard InChI is InChI=1S/C22H25N/c1-14(2)9-17-5-6-18-7-8-21-19-11-15(3)10-16(4)20(19)13-23(21)22(18)12-17/h5-8,10-12,14,21H,9,13H2,1-4H3. The second kappa shape index (κ2) is 5.26. The van der Waals surface area contributed by atoms with Gasteiger partial charge in [-0.05, 0) is 60.1 Å². The molecular weight excluding hydrogens is 278 g/mol. The molecule has 4 rings (SSSR count). The number of nitrogens with zero attached hydrogens (tertiary/aromatic N) is 1. The number of benzene rings is 2. The molecule has 1 nitrogen and oxygen atoms in total. The van der Waals surface area contributed by atoms with Crippen LogP contribution in [0.15, 0.2) is 36.4 Å². The summed E-state index contributed by atoms with van der Waals surface area (Å²) in [6.07, 6.45) is 5.83. The van der Waals surface area contributed by atoms with E-state index in [-0.39, 0.29) is 0 Å². The molecule has 1 heteroatoms. The maximum Gasteiger partial charge on any atom is 0.0737 e. The van der Waals surface area contributed by atoms with E-state index in [4.69, 9.17) is 0 Å². The zero-order chi connectivity index (χ0) is 16.1. The first-order chi connectivity index (χ1) is 11.0. The van der Waals surface area contributed by atoms with Gasteiger partial charge in [0.05, 0.1) is 6.04 Å². The summed E-state index contributed by atoms with van der Waals surface area (Å²) in [4.78, 5) is 2.58. The van der Waals surface area contributed by atoms with Crippen LogP contribution in [0.4, 0.5) is 5.69 Å². The summed E-state index contributed by atoms with van der Waals surface area (Å²) in [6.45, 7) is 10.1. The molecule has 0 amide bonds. The van der Waals surface area contributed by atoms with Crippen molar-refractivity contribution >= 4 is 11.8 Å². The summed E-state index contributed by atoms with van der Waals surface area (Å²) in [5.41, 5.74) is 10.0. The van der Waals surface area contributed by atoms with E-state index in [1.54, 1.807) is 0 Å². The van der Waals surface area contributed by atoms with Gasteiger partial charge in [0, 0.05) is 12.2 Å². The first kappa shape index (κ1) is 14.6. The van der Waals surface area contributed by atoms with Gasteiger partial charge in [0.1, 0.15) is 0 Å². The van der Waals surface area contributed by atoms with Crippen molar-refractivity contribution in [3.8, 4) is 0 Å². The molecule has 0 aromatic heterocycles. The van der Waals surface area contributed by atoms with Crippen LogP contribution in [0.25, 0.3) is 6.08 Å². The van der Waals surface area contributed by atoms with Crippen LogP contribution in [0.2, 0.25) is 0 Å². The van der Waals surface area contributed by atoms with E-state index in [1.807, 2.05) is 0 Å². The first-order valence-corrected chi connectivity index (χ1v) is 8.70. The Bertz CT molecular complexity index is 798. The van der Waals surface area contributed by atoms with E-state index < -0.39 is 0 Å². The molecule has 0 spiro atoms. The third-order valence-electron chi connectivity index (χ3n) is 5.14. The van der Waals surface area contributed by atoms with Gasteiger partial charge < -0.3 is 4.90 Å². The molecule has 2 heterocycles. The zero-order valence-corrected chi connectivity index (χ0v) is 14.6. The summed E-state index contributed by atoms with van der Waals surface area (Å²) in [7, 11) is 0. The number of aryl methyl sites for hydroxylation is 2. The molecule has 1 unspecified atom stereocenters. The van der Waals surface area contributed by atoms with Crippen molar-refractivity contribution in [1.82, 2.24) is 0 Å². The first-order valence-electron chi connectivity index (χ1n) is 8.70. The summed E-state index contributed by atoms with van der Waals surface area (Å²) in [6, 6.07) is 12.1. The summed E-state index contributed by atoms with van der Waals surface area (Å²) in [5, 5.41) is 0. The van der Waals surface area contributed by atoms with Crippen LogP contribution < -0.4 is 4.90 Å². The van der Waals surface area contributed by atoms with E-state index in [2.05, 4.69) is 75.1 Å². The van der Waals surface area contributed by atoms with E-state index >= 15 is 0 Å². The Hall–Kier alpha value is -2.02. The van der Waals surface area contributed by atoms with Gasteiger partial charge in [-0.15, -0.1) is 0 Å². The fraction of sp³-hybridized carbons (Fsp3) is 0.364. The SMILES string of the molecule is Cc1cc(C)c2c(c1)C1C=Cc3ccc(CC(C)C)cc3N1C2. The maximum atomic E-state index is 2.58. The molecule has 0 N–H and O–H groups in total. The lowest BCUT2D eigenvalue weighted by Gasteiger charge is -2.31. The molecule has 23 heavy (non-hydrogen) atoms. The van der Waals surface area contributed by atoms with Crippen molar-refractivity contribution in [3.63, 3.8) is 0 Å². The van der Waals surface area contributed by atoms with Crippen molar-refractivity contribution < 1.29 is 0 Å². The van der Waals surface area contributed by atoms with Crippen molar-refractivity contribution in [3.05, 3.63) is 69.8 Å². The number of fused-ring (bicyclic) bond motifs is 5. The monoisotopic (exact) mass is 303 g/mol. The van der Waals surface area contributed by atoms with Crippen LogP contribution in [0.3, 0.4) is 0 Å². The van der Waals surface area contributed by atoms with E-state index in [0.29, 0.717) is 12.0 Å². The van der Waals surface area contributed by atoms with E-state index in [0.717, 1.165) is 13.0 Å². The molecule has 0 radical (unpaired) electrons. The van der Waals surface area contributed by atoms with Crippen molar-refractivity contribution in [2.24, 2.45) is 5.92 Å². The highest BCUT2D eigenvalue weighted by Gasteiger charge is 2.32. The normalized spacial score (nSPS) is 18.1. The van der Waals surface area contributed by atoms with Gasteiger partial charge >= 0.3 is 0 Å². The Morgan fingerprint density at radius 3 is 2.74 bits per heavy atom. The number of anilines is 1. The lowest BCUT2D eigenvalue weighted by atomic mass is 9.94. The molecule has 2 aliphatic rings. The largest absolute Gasteiger partial charge is 0.356 e. The quantitative estimate of drug-likeness (QED) is 0.699. The Kier molecular flexibility index (Phi) is 3.33. The molecule has 2 aromatic carbocycles. The fourth-order valence-corrected chi connectivity index (χ4v) is 4.16. The summed E-state index contributed by atoms with van der Waals surface area (Å²) >= 11 is 0. The minimum Gasteiger partial charge on any atom is -0.356 e.